The second kappa shape index (κ2) is 8.82. The summed E-state index contributed by atoms with van der Waals surface area (Å²) in [6.07, 6.45) is 0.772. The number of ether oxygens (including phenoxy) is 2. The van der Waals surface area contributed by atoms with E-state index in [1.54, 1.807) is 50.6 Å². The highest BCUT2D eigenvalue weighted by Gasteiger charge is 2.20. The van der Waals surface area contributed by atoms with Crippen LogP contribution >= 0.6 is 0 Å². The molecule has 6 nitrogen and oxygen atoms in total. The lowest BCUT2D eigenvalue weighted by atomic mass is 10.1. The van der Waals surface area contributed by atoms with Gasteiger partial charge in [0.2, 0.25) is 10.0 Å². The summed E-state index contributed by atoms with van der Waals surface area (Å²) in [6, 6.07) is 13.8. The van der Waals surface area contributed by atoms with Crippen molar-refractivity contribution in [1.82, 2.24) is 4.31 Å². The summed E-state index contributed by atoms with van der Waals surface area (Å²) >= 11 is 0. The van der Waals surface area contributed by atoms with E-state index in [2.05, 4.69) is 4.74 Å². The van der Waals surface area contributed by atoms with E-state index >= 15 is 0 Å². The van der Waals surface area contributed by atoms with Crippen molar-refractivity contribution in [2.75, 3.05) is 21.3 Å². The zero-order chi connectivity index (χ0) is 19.2. The first-order valence-corrected chi connectivity index (χ1v) is 9.56. The van der Waals surface area contributed by atoms with Gasteiger partial charge in [-0.25, -0.2) is 8.42 Å². The average Bonchev–Trinajstić information content (AvgIpc) is 2.66. The second-order valence-corrected chi connectivity index (χ2v) is 7.87. The SMILES string of the molecule is COC(=O)CCc1ccc(S(=O)(=O)N(C)Cc2ccc(OC)cc2)cc1. The van der Waals surface area contributed by atoms with Crippen molar-refractivity contribution >= 4 is 16.0 Å². The highest BCUT2D eigenvalue weighted by Crippen LogP contribution is 2.19. The maximum absolute atomic E-state index is 12.7. The van der Waals surface area contributed by atoms with Gasteiger partial charge in [-0.1, -0.05) is 24.3 Å². The number of esters is 1. The second-order valence-electron chi connectivity index (χ2n) is 5.83. The van der Waals surface area contributed by atoms with Gasteiger partial charge in [-0.15, -0.1) is 0 Å². The van der Waals surface area contributed by atoms with Crippen molar-refractivity contribution in [3.63, 3.8) is 0 Å². The van der Waals surface area contributed by atoms with E-state index in [1.165, 1.54) is 11.4 Å². The van der Waals surface area contributed by atoms with Gasteiger partial charge < -0.3 is 9.47 Å². The summed E-state index contributed by atoms with van der Waals surface area (Å²) in [6.45, 7) is 0.260. The molecule has 2 aromatic rings. The monoisotopic (exact) mass is 377 g/mol. The molecule has 26 heavy (non-hydrogen) atoms. The molecule has 0 bridgehead atoms. The Bertz CT molecular complexity index is 829. The molecule has 140 valence electrons. The fourth-order valence-corrected chi connectivity index (χ4v) is 3.59. The maximum atomic E-state index is 12.7. The normalized spacial score (nSPS) is 11.4. The number of benzene rings is 2. The van der Waals surface area contributed by atoms with E-state index in [0.29, 0.717) is 6.42 Å². The third-order valence-corrected chi connectivity index (χ3v) is 5.86. The minimum Gasteiger partial charge on any atom is -0.497 e. The Balaban J connectivity index is 2.06. The highest BCUT2D eigenvalue weighted by molar-refractivity contribution is 7.89. The van der Waals surface area contributed by atoms with E-state index in [1.807, 2.05) is 12.1 Å². The van der Waals surface area contributed by atoms with E-state index in [9.17, 15) is 13.2 Å². The molecule has 7 heteroatoms. The first kappa shape index (κ1) is 19.9. The van der Waals surface area contributed by atoms with Crippen LogP contribution in [0.4, 0.5) is 0 Å². The number of hydrogen-bond donors (Lipinski definition) is 0. The Labute approximate surface area is 154 Å². The molecule has 0 fully saturated rings. The van der Waals surface area contributed by atoms with E-state index < -0.39 is 10.0 Å². The quantitative estimate of drug-likeness (QED) is 0.661. The standard InChI is InChI=1S/C19H23NO5S/c1-20(14-16-4-9-17(24-2)10-5-16)26(22,23)18-11-6-15(7-12-18)8-13-19(21)25-3/h4-7,9-12H,8,13-14H2,1-3H3. The number of carbonyl (C=O) groups is 1. The van der Waals surface area contributed by atoms with Crippen LogP contribution in [-0.4, -0.2) is 40.0 Å². The zero-order valence-electron chi connectivity index (χ0n) is 15.1. The number of nitrogens with zero attached hydrogens (tertiary/aromatic N) is 1. The molecule has 0 atom stereocenters. The lowest BCUT2D eigenvalue weighted by Gasteiger charge is -2.17. The number of carbonyl (C=O) groups excluding carboxylic acids is 1. The van der Waals surface area contributed by atoms with Crippen molar-refractivity contribution in [1.29, 1.82) is 0 Å². The van der Waals surface area contributed by atoms with Gasteiger partial charge in [-0.3, -0.25) is 4.79 Å². The first-order chi connectivity index (χ1) is 12.4. The van der Waals surface area contributed by atoms with Gasteiger partial charge in [0.1, 0.15) is 5.75 Å². The van der Waals surface area contributed by atoms with Crippen LogP contribution in [0, 0.1) is 0 Å². The van der Waals surface area contributed by atoms with Crippen molar-refractivity contribution in [3.8, 4) is 5.75 Å². The molecule has 0 saturated heterocycles. The molecule has 0 unspecified atom stereocenters. The van der Waals surface area contributed by atoms with E-state index in [4.69, 9.17) is 4.74 Å². The Morgan fingerprint density at radius 1 is 0.962 bits per heavy atom. The summed E-state index contributed by atoms with van der Waals surface area (Å²) < 4.78 is 36.4. The lowest BCUT2D eigenvalue weighted by molar-refractivity contribution is -0.140. The molecule has 0 amide bonds. The van der Waals surface area contributed by atoms with Crippen molar-refractivity contribution in [2.24, 2.45) is 0 Å². The summed E-state index contributed by atoms with van der Waals surface area (Å²) in [4.78, 5) is 11.4. The molecule has 2 rings (SSSR count). The molecule has 0 aliphatic rings. The van der Waals surface area contributed by atoms with Crippen molar-refractivity contribution < 1.29 is 22.7 Å². The molecule has 0 saturated carbocycles. The zero-order valence-corrected chi connectivity index (χ0v) is 16.0. The smallest absolute Gasteiger partial charge is 0.305 e. The summed E-state index contributed by atoms with van der Waals surface area (Å²) in [7, 11) is 0.879. The Morgan fingerprint density at radius 3 is 2.08 bits per heavy atom. The largest absolute Gasteiger partial charge is 0.497 e. The molecule has 0 radical (unpaired) electrons. The average molecular weight is 377 g/mol. The van der Waals surface area contributed by atoms with Gasteiger partial charge >= 0.3 is 5.97 Å². The van der Waals surface area contributed by atoms with E-state index in [-0.39, 0.29) is 23.8 Å². The first-order valence-electron chi connectivity index (χ1n) is 8.12. The van der Waals surface area contributed by atoms with Crippen LogP contribution in [0.15, 0.2) is 53.4 Å². The van der Waals surface area contributed by atoms with Gasteiger partial charge in [-0.05, 0) is 41.8 Å². The molecule has 2 aromatic carbocycles. The fourth-order valence-electron chi connectivity index (χ4n) is 2.43. The predicted molar refractivity (Wildman–Crippen MR) is 98.4 cm³/mol. The topological polar surface area (TPSA) is 72.9 Å². The van der Waals surface area contributed by atoms with Gasteiger partial charge in [0.25, 0.3) is 0 Å². The highest BCUT2D eigenvalue weighted by atomic mass is 32.2. The molecule has 0 aromatic heterocycles. The number of hydrogen-bond acceptors (Lipinski definition) is 5. The predicted octanol–water partition coefficient (Wildman–Crippen LogP) is 2.62. The van der Waals surface area contributed by atoms with Gasteiger partial charge in [0.15, 0.2) is 0 Å². The molecule has 0 aliphatic carbocycles. The van der Waals surface area contributed by atoms with Crippen LogP contribution in [0.2, 0.25) is 0 Å². The van der Waals surface area contributed by atoms with Crippen LogP contribution < -0.4 is 4.74 Å². The molecule has 0 N–H and O–H groups in total. The van der Waals surface area contributed by atoms with Crippen molar-refractivity contribution in [2.45, 2.75) is 24.3 Å². The fraction of sp³-hybridized carbons (Fsp3) is 0.316. The number of methoxy groups -OCH3 is 2. The van der Waals surface area contributed by atoms with Gasteiger partial charge in [0, 0.05) is 20.0 Å². The van der Waals surface area contributed by atoms with Gasteiger partial charge in [-0.2, -0.15) is 4.31 Å². The molecule has 0 spiro atoms. The molecule has 0 aliphatic heterocycles. The molecular weight excluding hydrogens is 354 g/mol. The van der Waals surface area contributed by atoms with Gasteiger partial charge in [0.05, 0.1) is 19.1 Å². The van der Waals surface area contributed by atoms with Crippen LogP contribution in [0.3, 0.4) is 0 Å². The minimum atomic E-state index is -3.60. The Morgan fingerprint density at radius 2 is 1.54 bits per heavy atom. The molecule has 0 heterocycles. The molecular formula is C19H23NO5S. The van der Waals surface area contributed by atoms with Crippen LogP contribution in [0.25, 0.3) is 0 Å². The Kier molecular flexibility index (Phi) is 6.76. The lowest BCUT2D eigenvalue weighted by Crippen LogP contribution is -2.26. The van der Waals surface area contributed by atoms with Crippen molar-refractivity contribution in [3.05, 3.63) is 59.7 Å². The van der Waals surface area contributed by atoms with E-state index in [0.717, 1.165) is 16.9 Å². The summed E-state index contributed by atoms with van der Waals surface area (Å²) in [5, 5.41) is 0. The van der Waals surface area contributed by atoms with Crippen LogP contribution in [-0.2, 0) is 32.5 Å². The minimum absolute atomic E-state index is 0.218. The van der Waals surface area contributed by atoms with Crippen LogP contribution in [0.5, 0.6) is 5.75 Å². The summed E-state index contributed by atoms with van der Waals surface area (Å²) in [5.41, 5.74) is 1.75. The Hall–Kier alpha value is -2.38. The number of aryl methyl sites for hydroxylation is 1. The van der Waals surface area contributed by atoms with Crippen LogP contribution in [0.1, 0.15) is 17.5 Å². The number of sulfonamides is 1. The maximum Gasteiger partial charge on any atom is 0.305 e. The third kappa shape index (κ3) is 5.06. The summed E-state index contributed by atoms with van der Waals surface area (Å²) in [5.74, 6) is 0.433. The number of rotatable bonds is 8. The third-order valence-electron chi connectivity index (χ3n) is 4.04.